The Bertz CT molecular complexity index is 278. The maximum Gasteiger partial charge on any atom is 0.272 e. The monoisotopic (exact) mass is 284 g/mol. The molecule has 2 aliphatic heterocycles. The summed E-state index contributed by atoms with van der Waals surface area (Å²) in [5.41, 5.74) is 0. The number of carbonyl (C=O) groups is 1. The number of rotatable bonds is 1. The molecule has 2 fully saturated rings. The van der Waals surface area contributed by atoms with Crippen LogP contribution in [0.5, 0.6) is 0 Å². The Balaban J connectivity index is 1.92. The van der Waals surface area contributed by atoms with Gasteiger partial charge in [0, 0.05) is 18.6 Å². The van der Waals surface area contributed by atoms with Crippen molar-refractivity contribution in [2.45, 2.75) is 35.6 Å². The minimum absolute atomic E-state index is 0.117. The van der Waals surface area contributed by atoms with E-state index in [1.54, 1.807) is 0 Å². The summed E-state index contributed by atoms with van der Waals surface area (Å²) in [5.74, 6) is 0.145. The average Bonchev–Trinajstić information content (AvgIpc) is 2.41. The van der Waals surface area contributed by atoms with Crippen molar-refractivity contribution in [1.29, 1.82) is 0 Å². The van der Waals surface area contributed by atoms with Gasteiger partial charge in [0.1, 0.15) is 0 Å². The minimum atomic E-state index is -1.85. The van der Waals surface area contributed by atoms with E-state index in [0.717, 1.165) is 19.5 Å². The van der Waals surface area contributed by atoms with E-state index >= 15 is 0 Å². The molecule has 6 heteroatoms. The summed E-state index contributed by atoms with van der Waals surface area (Å²) in [4.78, 5) is 13.9. The van der Waals surface area contributed by atoms with Crippen molar-refractivity contribution in [2.24, 2.45) is 5.92 Å². The van der Waals surface area contributed by atoms with Gasteiger partial charge in [-0.15, -0.1) is 0 Å². The zero-order valence-electron chi connectivity index (χ0n) is 9.05. The van der Waals surface area contributed by atoms with E-state index in [-0.39, 0.29) is 6.04 Å². The van der Waals surface area contributed by atoms with Crippen molar-refractivity contribution in [2.75, 3.05) is 13.1 Å². The minimum Gasteiger partial charge on any atom is -0.348 e. The third-order valence-corrected chi connectivity index (χ3v) is 4.20. The van der Waals surface area contributed by atoms with E-state index in [1.165, 1.54) is 6.42 Å². The molecule has 0 aromatic rings. The van der Waals surface area contributed by atoms with Gasteiger partial charge in [-0.3, -0.25) is 9.69 Å². The van der Waals surface area contributed by atoms with Crippen LogP contribution in [0, 0.1) is 5.92 Å². The molecule has 2 saturated heterocycles. The molecule has 1 amide bonds. The topological polar surface area (TPSA) is 32.3 Å². The van der Waals surface area contributed by atoms with Crippen LogP contribution in [-0.4, -0.2) is 39.8 Å². The third kappa shape index (κ3) is 2.58. The third-order valence-electron chi connectivity index (χ3n) is 3.68. The second-order valence-electron chi connectivity index (χ2n) is 4.69. The highest BCUT2D eigenvalue weighted by molar-refractivity contribution is 6.76. The van der Waals surface area contributed by atoms with E-state index in [4.69, 9.17) is 34.8 Å². The largest absolute Gasteiger partial charge is 0.348 e. The Hall–Kier alpha value is 0.300. The molecule has 2 heterocycles. The molecule has 0 saturated carbocycles. The summed E-state index contributed by atoms with van der Waals surface area (Å²) in [6.45, 7) is 4.22. The van der Waals surface area contributed by atoms with Crippen molar-refractivity contribution >= 4 is 40.7 Å². The number of alkyl halides is 3. The first-order chi connectivity index (χ1) is 7.38. The second kappa shape index (κ2) is 4.52. The summed E-state index contributed by atoms with van der Waals surface area (Å²) in [6.07, 6.45) is 2.20. The van der Waals surface area contributed by atoms with Crippen LogP contribution in [0.1, 0.15) is 19.8 Å². The van der Waals surface area contributed by atoms with Gasteiger partial charge in [-0.2, -0.15) is 0 Å². The molecular formula is C10H15Cl3N2O. The number of piperidine rings is 1. The Morgan fingerprint density at radius 1 is 1.44 bits per heavy atom. The number of nitrogens with one attached hydrogen (secondary N) is 1. The Morgan fingerprint density at radius 3 is 2.69 bits per heavy atom. The van der Waals surface area contributed by atoms with Crippen molar-refractivity contribution < 1.29 is 4.79 Å². The first-order valence-electron chi connectivity index (χ1n) is 5.49. The van der Waals surface area contributed by atoms with Crippen LogP contribution in [0.4, 0.5) is 0 Å². The van der Waals surface area contributed by atoms with E-state index < -0.39 is 9.70 Å². The van der Waals surface area contributed by atoms with Crippen LogP contribution in [0.25, 0.3) is 0 Å². The van der Waals surface area contributed by atoms with Gasteiger partial charge < -0.3 is 5.32 Å². The van der Waals surface area contributed by atoms with Crippen LogP contribution < -0.4 is 5.32 Å². The standard InChI is InChI=1S/C10H15Cl3N2O/c1-6-7-2-3-15(6)5-8(4-7)14-9(16)10(11,12)13/h6-8H,2-5H2,1H3,(H,14,16). The van der Waals surface area contributed by atoms with Crippen LogP contribution >= 0.6 is 34.8 Å². The van der Waals surface area contributed by atoms with Gasteiger partial charge in [-0.25, -0.2) is 0 Å². The second-order valence-corrected chi connectivity index (χ2v) is 6.97. The molecule has 3 nitrogen and oxygen atoms in total. The highest BCUT2D eigenvalue weighted by atomic mass is 35.6. The van der Waals surface area contributed by atoms with Crippen molar-refractivity contribution in [1.82, 2.24) is 10.2 Å². The smallest absolute Gasteiger partial charge is 0.272 e. The number of fused-ring (bicyclic) bond motifs is 2. The van der Waals surface area contributed by atoms with Crippen LogP contribution in [0.3, 0.4) is 0 Å². The Labute approximate surface area is 110 Å². The number of carbonyl (C=O) groups excluding carboxylic acids is 1. The van der Waals surface area contributed by atoms with Crippen molar-refractivity contribution in [3.05, 3.63) is 0 Å². The van der Waals surface area contributed by atoms with Gasteiger partial charge in [0.05, 0.1) is 0 Å². The van der Waals surface area contributed by atoms with E-state index in [0.29, 0.717) is 12.0 Å². The van der Waals surface area contributed by atoms with Crippen LogP contribution in [0.2, 0.25) is 0 Å². The Morgan fingerprint density at radius 2 is 2.12 bits per heavy atom. The lowest BCUT2D eigenvalue weighted by Crippen LogP contribution is -2.52. The molecule has 0 aromatic carbocycles. The quantitative estimate of drug-likeness (QED) is 0.747. The molecule has 4 unspecified atom stereocenters. The lowest BCUT2D eigenvalue weighted by atomic mass is 9.90. The summed E-state index contributed by atoms with van der Waals surface area (Å²) in [6, 6.07) is 0.743. The lowest BCUT2D eigenvalue weighted by Gasteiger charge is -2.36. The SMILES string of the molecule is CC1C2CCN1CC(NC(=O)C(Cl)(Cl)Cl)C2. The van der Waals surface area contributed by atoms with E-state index in [9.17, 15) is 4.79 Å². The number of nitrogens with zero attached hydrogens (tertiary/aromatic N) is 1. The maximum atomic E-state index is 11.5. The van der Waals surface area contributed by atoms with Crippen LogP contribution in [-0.2, 0) is 4.79 Å². The van der Waals surface area contributed by atoms with Gasteiger partial charge in [0.25, 0.3) is 9.70 Å². The van der Waals surface area contributed by atoms with Crippen molar-refractivity contribution in [3.8, 4) is 0 Å². The fraction of sp³-hybridized carbons (Fsp3) is 0.900. The van der Waals surface area contributed by atoms with Gasteiger partial charge >= 0.3 is 0 Å². The normalized spacial score (nSPS) is 38.5. The highest BCUT2D eigenvalue weighted by Gasteiger charge is 2.40. The number of halogens is 3. The van der Waals surface area contributed by atoms with Gasteiger partial charge in [-0.05, 0) is 32.2 Å². The predicted octanol–water partition coefficient (Wildman–Crippen LogP) is 1.96. The molecule has 1 N–H and O–H groups in total. The average molecular weight is 286 g/mol. The molecule has 0 aromatic heterocycles. The zero-order chi connectivity index (χ0) is 11.9. The predicted molar refractivity (Wildman–Crippen MR) is 66.0 cm³/mol. The van der Waals surface area contributed by atoms with Gasteiger partial charge in [0.2, 0.25) is 0 Å². The molecule has 0 radical (unpaired) electrons. The van der Waals surface area contributed by atoms with Crippen molar-refractivity contribution in [3.63, 3.8) is 0 Å². The molecule has 4 atom stereocenters. The fourth-order valence-corrected chi connectivity index (χ4v) is 2.91. The molecule has 2 rings (SSSR count). The number of hydrogen-bond donors (Lipinski definition) is 1. The summed E-state index contributed by atoms with van der Waals surface area (Å²) in [7, 11) is 0. The maximum absolute atomic E-state index is 11.5. The van der Waals surface area contributed by atoms with E-state index in [1.807, 2.05) is 0 Å². The molecule has 0 aliphatic carbocycles. The number of amides is 1. The molecule has 92 valence electrons. The molecule has 16 heavy (non-hydrogen) atoms. The summed E-state index contributed by atoms with van der Waals surface area (Å²) < 4.78 is -1.85. The molecule has 2 bridgehead atoms. The summed E-state index contributed by atoms with van der Waals surface area (Å²) >= 11 is 16.6. The Kier molecular flexibility index (Phi) is 3.60. The van der Waals surface area contributed by atoms with Gasteiger partial charge in [0.15, 0.2) is 0 Å². The first-order valence-corrected chi connectivity index (χ1v) is 6.63. The molecule has 2 aliphatic rings. The first kappa shape index (κ1) is 12.7. The zero-order valence-corrected chi connectivity index (χ0v) is 11.3. The highest BCUT2D eigenvalue weighted by Crippen LogP contribution is 2.33. The lowest BCUT2D eigenvalue weighted by molar-refractivity contribution is -0.121. The fourth-order valence-electron chi connectivity index (χ4n) is 2.74. The summed E-state index contributed by atoms with van der Waals surface area (Å²) in [5, 5.41) is 2.80. The van der Waals surface area contributed by atoms with Gasteiger partial charge in [-0.1, -0.05) is 34.8 Å². The molecule has 0 spiro atoms. The number of hydrogen-bond acceptors (Lipinski definition) is 2. The molecular weight excluding hydrogens is 270 g/mol. The van der Waals surface area contributed by atoms with E-state index in [2.05, 4.69) is 17.1 Å². The van der Waals surface area contributed by atoms with Crippen LogP contribution in [0.15, 0.2) is 0 Å².